The van der Waals surface area contributed by atoms with Gasteiger partial charge in [0.15, 0.2) is 0 Å². The Morgan fingerprint density at radius 1 is 1.57 bits per heavy atom. The maximum Gasteiger partial charge on any atom is 0.0937 e. The number of hydrogen-bond acceptors (Lipinski definition) is 1. The highest BCUT2D eigenvalue weighted by Gasteiger charge is 1.94. The van der Waals surface area contributed by atoms with Crippen molar-refractivity contribution < 1.29 is 0 Å². The fourth-order valence-corrected chi connectivity index (χ4v) is 4.38. The molecule has 0 heterocycles. The summed E-state index contributed by atoms with van der Waals surface area (Å²) in [5.74, 6) is 0. The van der Waals surface area contributed by atoms with E-state index >= 15 is 0 Å². The van der Waals surface area contributed by atoms with Crippen LogP contribution in [0.2, 0.25) is 5.16 Å². The molecule has 0 saturated carbocycles. The summed E-state index contributed by atoms with van der Waals surface area (Å²) in [4.78, 5) is 0. The molecule has 0 N–H and O–H groups in total. The Labute approximate surface area is 51.4 Å². The predicted octanol–water partition coefficient (Wildman–Crippen LogP) is -1.24. The Morgan fingerprint density at radius 3 is 2.00 bits per heavy atom. The highest BCUT2D eigenvalue weighted by atomic mass is 28.3. The van der Waals surface area contributed by atoms with Crippen molar-refractivity contribution in [3.05, 3.63) is 0 Å². The third kappa shape index (κ3) is 6.39. The summed E-state index contributed by atoms with van der Waals surface area (Å²) in [6, 6.07) is 0. The quantitative estimate of drug-likeness (QED) is 0.426. The van der Waals surface area contributed by atoms with Crippen LogP contribution in [-0.4, -0.2) is 38.6 Å². The van der Waals surface area contributed by atoms with Gasteiger partial charge in [0, 0.05) is 10.2 Å². The fraction of sp³-hybridized carbons (Fsp3) is 1.00. The minimum Gasteiger partial charge on any atom is -0.334 e. The van der Waals surface area contributed by atoms with E-state index in [0.717, 1.165) is 5.16 Å². The molecule has 0 rings (SSSR count). The highest BCUT2D eigenvalue weighted by Crippen LogP contribution is 1.90. The van der Waals surface area contributed by atoms with Crippen LogP contribution in [0.25, 0.3) is 0 Å². The first kappa shape index (κ1) is 7.39. The summed E-state index contributed by atoms with van der Waals surface area (Å²) in [5.41, 5.74) is 0. The lowest BCUT2D eigenvalue weighted by Gasteiger charge is -2.09. The molecule has 1 nitrogen and oxygen atoms in total. The lowest BCUT2D eigenvalue weighted by molar-refractivity contribution is 0.655. The molecule has 0 radical (unpaired) electrons. The highest BCUT2D eigenvalue weighted by molar-refractivity contribution is 6.47. The third-order valence-corrected chi connectivity index (χ3v) is 3.29. The second kappa shape index (κ2) is 3.40. The van der Waals surface area contributed by atoms with Gasteiger partial charge in [0.25, 0.3) is 0 Å². The van der Waals surface area contributed by atoms with Crippen molar-refractivity contribution >= 4 is 19.9 Å². The van der Waals surface area contributed by atoms with E-state index in [1.54, 1.807) is 0 Å². The van der Waals surface area contributed by atoms with Crippen molar-refractivity contribution in [2.75, 3.05) is 14.1 Å². The molecule has 0 fully saturated rings. The van der Waals surface area contributed by atoms with Gasteiger partial charge < -0.3 is 4.57 Å². The largest absolute Gasteiger partial charge is 0.334 e. The third-order valence-electron chi connectivity index (χ3n) is 0.730. The number of hydrogen-bond donors (Lipinski definition) is 0. The zero-order valence-corrected chi connectivity index (χ0v) is 9.15. The molecular formula is C4H15NSi2. The van der Waals surface area contributed by atoms with Gasteiger partial charge in [-0.05, 0) is 14.1 Å². The van der Waals surface area contributed by atoms with Gasteiger partial charge in [-0.15, -0.1) is 0 Å². The smallest absolute Gasteiger partial charge is 0.0937 e. The summed E-state index contributed by atoms with van der Waals surface area (Å²) >= 11 is 0. The van der Waals surface area contributed by atoms with Crippen molar-refractivity contribution in [1.82, 2.24) is 4.57 Å². The van der Waals surface area contributed by atoms with Gasteiger partial charge in [-0.1, -0.05) is 12.1 Å². The minimum atomic E-state index is 0.176. The minimum absolute atomic E-state index is 0.176. The Morgan fingerprint density at radius 2 is 2.00 bits per heavy atom. The van der Waals surface area contributed by atoms with Crippen molar-refractivity contribution in [3.8, 4) is 0 Å². The van der Waals surface area contributed by atoms with E-state index in [9.17, 15) is 0 Å². The molecule has 44 valence electrons. The molecule has 0 spiro atoms. The van der Waals surface area contributed by atoms with E-state index in [2.05, 4.69) is 25.6 Å². The fourth-order valence-electron chi connectivity index (χ4n) is 0.730. The first-order valence-electron chi connectivity index (χ1n) is 2.77. The zero-order chi connectivity index (χ0) is 5.86. The Hall–Kier alpha value is 0.394. The molecule has 7 heavy (non-hydrogen) atoms. The average Bonchev–Trinajstić information content (AvgIpc) is 1.27. The van der Waals surface area contributed by atoms with Gasteiger partial charge in [-0.3, -0.25) is 0 Å². The topological polar surface area (TPSA) is 3.24 Å². The summed E-state index contributed by atoms with van der Waals surface area (Å²) in [6.45, 7) is 2.35. The van der Waals surface area contributed by atoms with Crippen LogP contribution in [0.4, 0.5) is 0 Å². The molecule has 1 atom stereocenters. The van der Waals surface area contributed by atoms with Gasteiger partial charge in [0.1, 0.15) is 0 Å². The average molecular weight is 133 g/mol. The standard InChI is InChI=1S/C4H15NSi2/c1-4(6)7-5(2)3/h4H,7H2,1-3,6H3. The van der Waals surface area contributed by atoms with Gasteiger partial charge in [0.2, 0.25) is 0 Å². The van der Waals surface area contributed by atoms with Crippen molar-refractivity contribution in [2.45, 2.75) is 12.1 Å². The van der Waals surface area contributed by atoms with Gasteiger partial charge in [-0.25, -0.2) is 0 Å². The first-order chi connectivity index (χ1) is 3.13. The molecule has 0 amide bonds. The molecule has 0 aromatic heterocycles. The second-order valence-corrected chi connectivity index (χ2v) is 9.52. The molecule has 0 aliphatic heterocycles. The molecular weight excluding hydrogens is 118 g/mol. The van der Waals surface area contributed by atoms with Gasteiger partial charge >= 0.3 is 0 Å². The van der Waals surface area contributed by atoms with E-state index in [1.807, 2.05) is 0 Å². The van der Waals surface area contributed by atoms with Crippen molar-refractivity contribution in [1.29, 1.82) is 0 Å². The van der Waals surface area contributed by atoms with Crippen LogP contribution >= 0.6 is 0 Å². The van der Waals surface area contributed by atoms with Crippen LogP contribution in [0.15, 0.2) is 0 Å². The Balaban J connectivity index is 2.95. The van der Waals surface area contributed by atoms with Crippen molar-refractivity contribution in [2.24, 2.45) is 0 Å². The van der Waals surface area contributed by atoms with E-state index in [1.165, 1.54) is 10.2 Å². The van der Waals surface area contributed by atoms with Gasteiger partial charge in [0.05, 0.1) is 9.68 Å². The lowest BCUT2D eigenvalue weighted by atomic mass is 10.9. The molecule has 0 aliphatic rings. The molecule has 3 heteroatoms. The van der Waals surface area contributed by atoms with Crippen molar-refractivity contribution in [3.63, 3.8) is 0 Å². The van der Waals surface area contributed by atoms with Crippen LogP contribution in [0, 0.1) is 0 Å². The Kier molecular flexibility index (Phi) is 3.59. The zero-order valence-electron chi connectivity index (χ0n) is 5.73. The SMILES string of the molecule is CC([SiH3])[SiH2]N(C)C. The summed E-state index contributed by atoms with van der Waals surface area (Å²) in [5, 5.41) is 1.08. The molecule has 0 aromatic carbocycles. The van der Waals surface area contributed by atoms with Crippen LogP contribution in [-0.2, 0) is 0 Å². The normalized spacial score (nSPS) is 17.1. The van der Waals surface area contributed by atoms with E-state index in [-0.39, 0.29) is 9.68 Å². The number of rotatable bonds is 2. The van der Waals surface area contributed by atoms with Gasteiger partial charge in [-0.2, -0.15) is 0 Å². The first-order valence-corrected chi connectivity index (χ1v) is 5.38. The maximum absolute atomic E-state index is 2.37. The summed E-state index contributed by atoms with van der Waals surface area (Å²) in [7, 11) is 5.93. The molecule has 0 aliphatic carbocycles. The van der Waals surface area contributed by atoms with Crippen LogP contribution < -0.4 is 0 Å². The lowest BCUT2D eigenvalue weighted by Crippen LogP contribution is -2.20. The number of nitrogens with zero attached hydrogens (tertiary/aromatic N) is 1. The van der Waals surface area contributed by atoms with E-state index in [0.29, 0.717) is 0 Å². The monoisotopic (exact) mass is 133 g/mol. The van der Waals surface area contributed by atoms with E-state index < -0.39 is 0 Å². The molecule has 0 saturated heterocycles. The Bertz CT molecular complexity index is 39.0. The summed E-state index contributed by atoms with van der Waals surface area (Å²) < 4.78 is 2.37. The van der Waals surface area contributed by atoms with Crippen LogP contribution in [0.3, 0.4) is 0 Å². The van der Waals surface area contributed by atoms with E-state index in [4.69, 9.17) is 0 Å². The molecule has 1 unspecified atom stereocenters. The second-order valence-electron chi connectivity index (χ2n) is 2.66. The molecule has 0 aromatic rings. The summed E-state index contributed by atoms with van der Waals surface area (Å²) in [6.07, 6.45) is 0. The maximum atomic E-state index is 2.37. The van der Waals surface area contributed by atoms with Crippen LogP contribution in [0.1, 0.15) is 6.92 Å². The van der Waals surface area contributed by atoms with Crippen LogP contribution in [0.5, 0.6) is 0 Å². The predicted molar refractivity (Wildman–Crippen MR) is 41.6 cm³/mol. The molecule has 0 bridgehead atoms.